The SMILES string of the molecule is CC(C(=O)NCCc1cc(-c2ccc(Cl)cc2)on1)C1CC1. The molecule has 0 saturated heterocycles. The van der Waals surface area contributed by atoms with Gasteiger partial charge in [0.05, 0.1) is 5.69 Å². The highest BCUT2D eigenvalue weighted by atomic mass is 35.5. The van der Waals surface area contributed by atoms with Crippen LogP contribution in [0.4, 0.5) is 0 Å². The number of hydrogen-bond acceptors (Lipinski definition) is 3. The summed E-state index contributed by atoms with van der Waals surface area (Å²) < 4.78 is 5.34. The molecule has 2 aromatic rings. The minimum Gasteiger partial charge on any atom is -0.356 e. The lowest BCUT2D eigenvalue weighted by atomic mass is 10.1. The third kappa shape index (κ3) is 3.69. The summed E-state index contributed by atoms with van der Waals surface area (Å²) in [6.07, 6.45) is 3.03. The van der Waals surface area contributed by atoms with Crippen LogP contribution in [0.5, 0.6) is 0 Å². The molecule has 1 unspecified atom stereocenters. The minimum absolute atomic E-state index is 0.127. The number of nitrogens with one attached hydrogen (secondary N) is 1. The highest BCUT2D eigenvalue weighted by Crippen LogP contribution is 2.36. The fourth-order valence-electron chi connectivity index (χ4n) is 2.46. The second-order valence-corrected chi connectivity index (χ2v) is 6.29. The Balaban J connectivity index is 1.51. The van der Waals surface area contributed by atoms with Crippen LogP contribution in [0.2, 0.25) is 5.02 Å². The molecule has 0 radical (unpaired) electrons. The smallest absolute Gasteiger partial charge is 0.223 e. The van der Waals surface area contributed by atoms with E-state index in [9.17, 15) is 4.79 Å². The van der Waals surface area contributed by atoms with Gasteiger partial charge in [-0.1, -0.05) is 23.7 Å². The number of benzene rings is 1. The lowest BCUT2D eigenvalue weighted by molar-refractivity contribution is -0.125. The lowest BCUT2D eigenvalue weighted by Gasteiger charge is -2.09. The summed E-state index contributed by atoms with van der Waals surface area (Å²) in [4.78, 5) is 11.9. The largest absolute Gasteiger partial charge is 0.356 e. The van der Waals surface area contributed by atoms with Crippen LogP contribution in [0.15, 0.2) is 34.9 Å². The molecule has 3 rings (SSSR count). The zero-order valence-electron chi connectivity index (χ0n) is 12.5. The van der Waals surface area contributed by atoms with Gasteiger partial charge >= 0.3 is 0 Å². The van der Waals surface area contributed by atoms with E-state index in [0.29, 0.717) is 29.7 Å². The summed E-state index contributed by atoms with van der Waals surface area (Å²) in [6.45, 7) is 2.59. The van der Waals surface area contributed by atoms with Crippen LogP contribution >= 0.6 is 11.6 Å². The van der Waals surface area contributed by atoms with Crippen molar-refractivity contribution in [2.45, 2.75) is 26.2 Å². The summed E-state index contributed by atoms with van der Waals surface area (Å²) in [5.74, 6) is 1.57. The molecule has 22 heavy (non-hydrogen) atoms. The molecule has 1 fully saturated rings. The number of hydrogen-bond donors (Lipinski definition) is 1. The number of rotatable bonds is 6. The van der Waals surface area contributed by atoms with Gasteiger partial charge in [-0.15, -0.1) is 0 Å². The molecule has 1 saturated carbocycles. The van der Waals surface area contributed by atoms with Crippen LogP contribution in [0, 0.1) is 11.8 Å². The topological polar surface area (TPSA) is 55.1 Å². The van der Waals surface area contributed by atoms with Gasteiger partial charge in [0.2, 0.25) is 5.91 Å². The predicted octanol–water partition coefficient (Wildman–Crippen LogP) is 3.70. The first-order valence-electron chi connectivity index (χ1n) is 7.63. The number of halogens is 1. The molecule has 0 bridgehead atoms. The van der Waals surface area contributed by atoms with Crippen LogP contribution in [0.3, 0.4) is 0 Å². The van der Waals surface area contributed by atoms with E-state index in [0.717, 1.165) is 11.3 Å². The average Bonchev–Trinajstić information content (AvgIpc) is 3.26. The molecule has 0 aliphatic heterocycles. The van der Waals surface area contributed by atoms with Crippen molar-refractivity contribution in [3.63, 3.8) is 0 Å². The molecule has 5 heteroatoms. The van der Waals surface area contributed by atoms with Crippen molar-refractivity contribution in [2.24, 2.45) is 11.8 Å². The number of carbonyl (C=O) groups is 1. The summed E-state index contributed by atoms with van der Waals surface area (Å²) in [7, 11) is 0. The maximum atomic E-state index is 11.9. The van der Waals surface area contributed by atoms with E-state index in [1.165, 1.54) is 12.8 Å². The van der Waals surface area contributed by atoms with Gasteiger partial charge in [0.25, 0.3) is 0 Å². The summed E-state index contributed by atoms with van der Waals surface area (Å²) in [5, 5.41) is 7.71. The van der Waals surface area contributed by atoms with Gasteiger partial charge in [0, 0.05) is 35.5 Å². The Morgan fingerprint density at radius 2 is 2.14 bits per heavy atom. The van der Waals surface area contributed by atoms with E-state index in [2.05, 4.69) is 10.5 Å². The van der Waals surface area contributed by atoms with Crippen molar-refractivity contribution in [2.75, 3.05) is 6.54 Å². The Morgan fingerprint density at radius 3 is 2.82 bits per heavy atom. The maximum Gasteiger partial charge on any atom is 0.223 e. The van der Waals surface area contributed by atoms with E-state index in [4.69, 9.17) is 16.1 Å². The minimum atomic E-state index is 0.127. The van der Waals surface area contributed by atoms with Crippen molar-refractivity contribution in [1.82, 2.24) is 10.5 Å². The van der Waals surface area contributed by atoms with Crippen LogP contribution in [-0.2, 0) is 11.2 Å². The van der Waals surface area contributed by atoms with Gasteiger partial charge in [0.15, 0.2) is 5.76 Å². The highest BCUT2D eigenvalue weighted by Gasteiger charge is 2.32. The number of nitrogens with zero attached hydrogens (tertiary/aromatic N) is 1. The molecule has 4 nitrogen and oxygen atoms in total. The van der Waals surface area contributed by atoms with Crippen molar-refractivity contribution in [3.05, 3.63) is 41.0 Å². The number of carbonyl (C=O) groups excluding carboxylic acids is 1. The van der Waals surface area contributed by atoms with Crippen LogP contribution in [0.25, 0.3) is 11.3 Å². The van der Waals surface area contributed by atoms with E-state index >= 15 is 0 Å². The van der Waals surface area contributed by atoms with Gasteiger partial charge in [-0.05, 0) is 43.0 Å². The van der Waals surface area contributed by atoms with E-state index in [1.54, 1.807) is 0 Å². The van der Waals surface area contributed by atoms with Crippen molar-refractivity contribution >= 4 is 17.5 Å². The average molecular weight is 319 g/mol. The summed E-state index contributed by atoms with van der Waals surface area (Å²) in [5.41, 5.74) is 1.78. The second-order valence-electron chi connectivity index (χ2n) is 5.86. The molecule has 1 atom stereocenters. The molecule has 1 amide bonds. The predicted molar refractivity (Wildman–Crippen MR) is 85.6 cm³/mol. The van der Waals surface area contributed by atoms with Crippen LogP contribution in [0.1, 0.15) is 25.5 Å². The second kappa shape index (κ2) is 6.53. The Labute approximate surface area is 134 Å². The zero-order chi connectivity index (χ0) is 15.5. The van der Waals surface area contributed by atoms with Crippen LogP contribution < -0.4 is 5.32 Å². The zero-order valence-corrected chi connectivity index (χ0v) is 13.3. The Kier molecular flexibility index (Phi) is 4.48. The fraction of sp³-hybridized carbons (Fsp3) is 0.412. The third-order valence-electron chi connectivity index (χ3n) is 4.11. The van der Waals surface area contributed by atoms with Gasteiger partial charge in [-0.25, -0.2) is 0 Å². The van der Waals surface area contributed by atoms with Crippen LogP contribution in [-0.4, -0.2) is 17.6 Å². The van der Waals surface area contributed by atoms with Gasteiger partial charge in [0.1, 0.15) is 0 Å². The summed E-state index contributed by atoms with van der Waals surface area (Å²) >= 11 is 5.87. The fourth-order valence-corrected chi connectivity index (χ4v) is 2.59. The number of amides is 1. The first kappa shape index (κ1) is 15.1. The molecule has 1 aliphatic rings. The van der Waals surface area contributed by atoms with Gasteiger partial charge < -0.3 is 9.84 Å². The quantitative estimate of drug-likeness (QED) is 0.883. The molecule has 1 heterocycles. The van der Waals surface area contributed by atoms with E-state index in [-0.39, 0.29) is 11.8 Å². The van der Waals surface area contributed by atoms with E-state index < -0.39 is 0 Å². The normalized spacial score (nSPS) is 15.5. The molecular formula is C17H19ClN2O2. The standard InChI is InChI=1S/C17H19ClN2O2/c1-11(12-2-3-12)17(21)19-9-8-15-10-16(22-20-15)13-4-6-14(18)7-5-13/h4-7,10-12H,2-3,8-9H2,1H3,(H,19,21). The van der Waals surface area contributed by atoms with Gasteiger partial charge in [-0.2, -0.15) is 0 Å². The van der Waals surface area contributed by atoms with Crippen molar-refractivity contribution in [3.8, 4) is 11.3 Å². The Hall–Kier alpha value is -1.81. The van der Waals surface area contributed by atoms with Crippen molar-refractivity contribution < 1.29 is 9.32 Å². The maximum absolute atomic E-state index is 11.9. The Morgan fingerprint density at radius 1 is 1.41 bits per heavy atom. The lowest BCUT2D eigenvalue weighted by Crippen LogP contribution is -2.31. The third-order valence-corrected chi connectivity index (χ3v) is 4.36. The number of aromatic nitrogens is 1. The highest BCUT2D eigenvalue weighted by molar-refractivity contribution is 6.30. The summed E-state index contributed by atoms with van der Waals surface area (Å²) in [6, 6.07) is 9.33. The van der Waals surface area contributed by atoms with E-state index in [1.807, 2.05) is 37.3 Å². The van der Waals surface area contributed by atoms with Crippen molar-refractivity contribution in [1.29, 1.82) is 0 Å². The molecular weight excluding hydrogens is 300 g/mol. The monoisotopic (exact) mass is 318 g/mol. The molecule has 1 aromatic heterocycles. The molecule has 1 N–H and O–H groups in total. The first-order chi connectivity index (χ1) is 10.6. The first-order valence-corrected chi connectivity index (χ1v) is 8.00. The Bertz CT molecular complexity index is 647. The molecule has 0 spiro atoms. The molecule has 116 valence electrons. The van der Waals surface area contributed by atoms with Gasteiger partial charge in [-0.3, -0.25) is 4.79 Å². The molecule has 1 aliphatic carbocycles. The molecule has 1 aromatic carbocycles.